The standard InChI is InChI=1S/C13H13BrFN/c14-9-4-5-11(15)13(7-9)16-12-6-8-2-1-3-10(8)12/h1,3-5,7-8,10,12,16H,2,6H2. The molecule has 0 bridgehead atoms. The SMILES string of the molecule is Fc1ccc(Br)cc1NC1CC2CC=CC21. The topological polar surface area (TPSA) is 12.0 Å². The number of fused-ring (bicyclic) bond motifs is 1. The fourth-order valence-electron chi connectivity index (χ4n) is 2.69. The van der Waals surface area contributed by atoms with Crippen LogP contribution in [0.1, 0.15) is 12.8 Å². The molecule has 3 heteroatoms. The summed E-state index contributed by atoms with van der Waals surface area (Å²) >= 11 is 3.36. The van der Waals surface area contributed by atoms with E-state index >= 15 is 0 Å². The van der Waals surface area contributed by atoms with Gasteiger partial charge in [-0.1, -0.05) is 28.1 Å². The summed E-state index contributed by atoms with van der Waals surface area (Å²) in [6.45, 7) is 0. The van der Waals surface area contributed by atoms with Gasteiger partial charge in [0.05, 0.1) is 5.69 Å². The summed E-state index contributed by atoms with van der Waals surface area (Å²) in [5.41, 5.74) is 0.609. The Bertz CT molecular complexity index is 444. The molecule has 0 amide bonds. The molecule has 84 valence electrons. The molecule has 16 heavy (non-hydrogen) atoms. The van der Waals surface area contributed by atoms with E-state index < -0.39 is 0 Å². The molecule has 0 aliphatic heterocycles. The van der Waals surface area contributed by atoms with Crippen molar-refractivity contribution in [3.63, 3.8) is 0 Å². The van der Waals surface area contributed by atoms with E-state index in [0.29, 0.717) is 17.6 Å². The lowest BCUT2D eigenvalue weighted by Crippen LogP contribution is -2.43. The summed E-state index contributed by atoms with van der Waals surface area (Å²) in [4.78, 5) is 0. The van der Waals surface area contributed by atoms with Crippen molar-refractivity contribution >= 4 is 21.6 Å². The maximum Gasteiger partial charge on any atom is 0.146 e. The fraction of sp³-hybridized carbons (Fsp3) is 0.385. The van der Waals surface area contributed by atoms with E-state index in [0.717, 1.165) is 16.8 Å². The minimum atomic E-state index is -0.173. The van der Waals surface area contributed by atoms with Gasteiger partial charge in [0, 0.05) is 16.4 Å². The monoisotopic (exact) mass is 281 g/mol. The first-order chi connectivity index (χ1) is 7.74. The van der Waals surface area contributed by atoms with Crippen LogP contribution < -0.4 is 5.32 Å². The molecular formula is C13H13BrFN. The Labute approximate surface area is 103 Å². The number of rotatable bonds is 2. The fourth-order valence-corrected chi connectivity index (χ4v) is 3.05. The molecule has 0 heterocycles. The lowest BCUT2D eigenvalue weighted by molar-refractivity contribution is 0.217. The molecule has 1 aromatic carbocycles. The molecule has 3 atom stereocenters. The van der Waals surface area contributed by atoms with Crippen LogP contribution in [0, 0.1) is 17.7 Å². The quantitative estimate of drug-likeness (QED) is 0.809. The lowest BCUT2D eigenvalue weighted by Gasteiger charge is -2.41. The predicted molar refractivity (Wildman–Crippen MR) is 66.9 cm³/mol. The number of hydrogen-bond donors (Lipinski definition) is 1. The maximum atomic E-state index is 13.5. The number of halogens is 2. The van der Waals surface area contributed by atoms with Gasteiger partial charge in [-0.2, -0.15) is 0 Å². The summed E-state index contributed by atoms with van der Waals surface area (Å²) in [6.07, 6.45) is 6.86. The van der Waals surface area contributed by atoms with Crippen LogP contribution >= 0.6 is 15.9 Å². The van der Waals surface area contributed by atoms with Crippen molar-refractivity contribution in [2.24, 2.45) is 11.8 Å². The average molecular weight is 282 g/mol. The van der Waals surface area contributed by atoms with Crippen LogP contribution in [-0.2, 0) is 0 Å². The van der Waals surface area contributed by atoms with Crippen molar-refractivity contribution in [3.8, 4) is 0 Å². The van der Waals surface area contributed by atoms with E-state index in [4.69, 9.17) is 0 Å². The molecule has 1 N–H and O–H groups in total. The van der Waals surface area contributed by atoms with E-state index in [-0.39, 0.29) is 5.82 Å². The second-order valence-electron chi connectivity index (χ2n) is 4.61. The molecule has 2 aliphatic rings. The number of allylic oxidation sites excluding steroid dienone is 1. The van der Waals surface area contributed by atoms with Crippen molar-refractivity contribution < 1.29 is 4.39 Å². The van der Waals surface area contributed by atoms with E-state index in [2.05, 4.69) is 33.4 Å². The van der Waals surface area contributed by atoms with Gasteiger partial charge in [-0.05, 0) is 37.0 Å². The second-order valence-corrected chi connectivity index (χ2v) is 5.53. The van der Waals surface area contributed by atoms with Gasteiger partial charge in [0.1, 0.15) is 5.82 Å². The predicted octanol–water partition coefficient (Wildman–Crippen LogP) is 3.96. The smallest absolute Gasteiger partial charge is 0.146 e. The second kappa shape index (κ2) is 3.88. The van der Waals surface area contributed by atoms with Gasteiger partial charge < -0.3 is 5.32 Å². The van der Waals surface area contributed by atoms with Crippen molar-refractivity contribution in [2.45, 2.75) is 18.9 Å². The molecule has 1 saturated carbocycles. The normalized spacial score (nSPS) is 31.0. The van der Waals surface area contributed by atoms with Crippen molar-refractivity contribution in [1.82, 2.24) is 0 Å². The van der Waals surface area contributed by atoms with E-state index in [9.17, 15) is 4.39 Å². The van der Waals surface area contributed by atoms with E-state index in [1.54, 1.807) is 12.1 Å². The van der Waals surface area contributed by atoms with Gasteiger partial charge in [0.2, 0.25) is 0 Å². The third-order valence-corrected chi connectivity index (χ3v) is 4.13. The van der Waals surface area contributed by atoms with E-state index in [1.807, 2.05) is 0 Å². The molecule has 0 saturated heterocycles. The number of benzene rings is 1. The first-order valence-electron chi connectivity index (χ1n) is 5.62. The highest BCUT2D eigenvalue weighted by molar-refractivity contribution is 9.10. The lowest BCUT2D eigenvalue weighted by atomic mass is 9.71. The molecule has 1 nitrogen and oxygen atoms in total. The summed E-state index contributed by atoms with van der Waals surface area (Å²) in [6, 6.07) is 5.43. The molecule has 0 aromatic heterocycles. The Kier molecular flexibility index (Phi) is 2.51. The van der Waals surface area contributed by atoms with Crippen molar-refractivity contribution in [2.75, 3.05) is 5.32 Å². The molecule has 3 rings (SSSR count). The third kappa shape index (κ3) is 1.67. The van der Waals surface area contributed by atoms with Crippen LogP contribution in [0.5, 0.6) is 0 Å². The highest BCUT2D eigenvalue weighted by atomic mass is 79.9. The zero-order valence-corrected chi connectivity index (χ0v) is 10.4. The molecule has 1 aromatic rings. The van der Waals surface area contributed by atoms with Crippen LogP contribution in [0.2, 0.25) is 0 Å². The van der Waals surface area contributed by atoms with Crippen molar-refractivity contribution in [3.05, 3.63) is 40.6 Å². The maximum absolute atomic E-state index is 13.5. The highest BCUT2D eigenvalue weighted by Crippen LogP contribution is 2.44. The largest absolute Gasteiger partial charge is 0.379 e. The number of nitrogens with one attached hydrogen (secondary N) is 1. The van der Waals surface area contributed by atoms with Crippen LogP contribution in [0.3, 0.4) is 0 Å². The Morgan fingerprint density at radius 1 is 1.38 bits per heavy atom. The van der Waals surface area contributed by atoms with Gasteiger partial charge in [0.25, 0.3) is 0 Å². The van der Waals surface area contributed by atoms with Crippen molar-refractivity contribution in [1.29, 1.82) is 0 Å². The molecule has 1 fully saturated rings. The zero-order valence-electron chi connectivity index (χ0n) is 8.79. The van der Waals surface area contributed by atoms with Crippen LogP contribution in [0.25, 0.3) is 0 Å². The first kappa shape index (κ1) is 10.3. The summed E-state index contributed by atoms with van der Waals surface area (Å²) in [5.74, 6) is 1.24. The Morgan fingerprint density at radius 2 is 2.25 bits per heavy atom. The van der Waals surface area contributed by atoms with Crippen LogP contribution in [0.15, 0.2) is 34.8 Å². The molecular weight excluding hydrogens is 269 g/mol. The van der Waals surface area contributed by atoms with Gasteiger partial charge >= 0.3 is 0 Å². The van der Waals surface area contributed by atoms with Gasteiger partial charge in [0.15, 0.2) is 0 Å². The third-order valence-electron chi connectivity index (χ3n) is 3.63. The summed E-state index contributed by atoms with van der Waals surface area (Å²) < 4.78 is 14.4. The van der Waals surface area contributed by atoms with Crippen LogP contribution in [0.4, 0.5) is 10.1 Å². The molecule has 0 radical (unpaired) electrons. The van der Waals surface area contributed by atoms with Gasteiger partial charge in [-0.25, -0.2) is 4.39 Å². The molecule has 3 unspecified atom stereocenters. The van der Waals surface area contributed by atoms with Gasteiger partial charge in [-0.15, -0.1) is 0 Å². The minimum Gasteiger partial charge on any atom is -0.379 e. The average Bonchev–Trinajstić information content (AvgIpc) is 2.61. The zero-order chi connectivity index (χ0) is 11.1. The van der Waals surface area contributed by atoms with E-state index in [1.165, 1.54) is 12.5 Å². The minimum absolute atomic E-state index is 0.173. The number of anilines is 1. The molecule has 2 aliphatic carbocycles. The number of hydrogen-bond acceptors (Lipinski definition) is 1. The Hall–Kier alpha value is -0.830. The van der Waals surface area contributed by atoms with Gasteiger partial charge in [-0.3, -0.25) is 0 Å². The highest BCUT2D eigenvalue weighted by Gasteiger charge is 2.41. The van der Waals surface area contributed by atoms with Crippen LogP contribution in [-0.4, -0.2) is 6.04 Å². The Balaban J connectivity index is 1.75. The molecule has 0 spiro atoms. The Morgan fingerprint density at radius 3 is 3.06 bits per heavy atom. The summed E-state index contributed by atoms with van der Waals surface area (Å²) in [5, 5.41) is 3.30. The summed E-state index contributed by atoms with van der Waals surface area (Å²) in [7, 11) is 0. The first-order valence-corrected chi connectivity index (χ1v) is 6.41.